The van der Waals surface area contributed by atoms with Crippen molar-refractivity contribution >= 4 is 15.7 Å². The van der Waals surface area contributed by atoms with Crippen LogP contribution < -0.4 is 14.8 Å². The van der Waals surface area contributed by atoms with Gasteiger partial charge in [-0.2, -0.15) is 0 Å². The summed E-state index contributed by atoms with van der Waals surface area (Å²) >= 11 is 0. The number of nitrogens with one attached hydrogen (secondary N) is 2. The zero-order valence-corrected chi connectivity index (χ0v) is 11.5. The number of rotatable bonds is 8. The molecule has 1 heterocycles. The summed E-state index contributed by atoms with van der Waals surface area (Å²) in [4.78, 5) is 3.91. The average molecular weight is 273 g/mol. The van der Waals surface area contributed by atoms with E-state index in [4.69, 9.17) is 4.74 Å². The van der Waals surface area contributed by atoms with E-state index in [0.717, 1.165) is 13.0 Å². The summed E-state index contributed by atoms with van der Waals surface area (Å²) < 4.78 is 31.0. The van der Waals surface area contributed by atoms with Crippen LogP contribution in [0.1, 0.15) is 12.8 Å². The second-order valence-corrected chi connectivity index (χ2v) is 5.66. The Hall–Kier alpha value is -1.34. The average Bonchev–Trinajstić information content (AvgIpc) is 2.34. The molecule has 0 amide bonds. The first-order valence-electron chi connectivity index (χ1n) is 5.72. The number of ether oxygens (including phenoxy) is 1. The van der Waals surface area contributed by atoms with E-state index in [1.165, 1.54) is 13.3 Å². The predicted molar refractivity (Wildman–Crippen MR) is 71.4 cm³/mol. The van der Waals surface area contributed by atoms with Gasteiger partial charge in [-0.1, -0.05) is 0 Å². The van der Waals surface area contributed by atoms with Gasteiger partial charge in [-0.05, 0) is 32.5 Å². The number of pyridine rings is 1. The molecule has 1 rings (SSSR count). The van der Waals surface area contributed by atoms with Crippen LogP contribution in [0.5, 0.6) is 5.88 Å². The van der Waals surface area contributed by atoms with Gasteiger partial charge in [0.25, 0.3) is 0 Å². The van der Waals surface area contributed by atoms with Crippen LogP contribution in [0.25, 0.3) is 0 Å². The fourth-order valence-electron chi connectivity index (χ4n) is 1.41. The van der Waals surface area contributed by atoms with Gasteiger partial charge in [-0.3, -0.25) is 4.72 Å². The molecule has 0 aliphatic carbocycles. The van der Waals surface area contributed by atoms with Gasteiger partial charge >= 0.3 is 0 Å². The van der Waals surface area contributed by atoms with Crippen molar-refractivity contribution in [3.8, 4) is 5.88 Å². The second-order valence-electron chi connectivity index (χ2n) is 3.82. The fourth-order valence-corrected chi connectivity index (χ4v) is 2.58. The van der Waals surface area contributed by atoms with Crippen molar-refractivity contribution in [2.75, 3.05) is 31.2 Å². The summed E-state index contributed by atoms with van der Waals surface area (Å²) in [5.41, 5.74) is 0.468. The van der Waals surface area contributed by atoms with Crippen molar-refractivity contribution in [1.82, 2.24) is 10.3 Å². The number of hydrogen-bond donors (Lipinski definition) is 2. The lowest BCUT2D eigenvalue weighted by Gasteiger charge is -2.08. The molecular weight excluding hydrogens is 254 g/mol. The number of anilines is 1. The molecule has 0 unspecified atom stereocenters. The van der Waals surface area contributed by atoms with Gasteiger partial charge < -0.3 is 10.1 Å². The van der Waals surface area contributed by atoms with Gasteiger partial charge in [0.1, 0.15) is 0 Å². The molecule has 102 valence electrons. The Morgan fingerprint density at radius 1 is 1.39 bits per heavy atom. The van der Waals surface area contributed by atoms with Crippen LogP contribution >= 0.6 is 0 Å². The van der Waals surface area contributed by atoms with Gasteiger partial charge in [-0.15, -0.1) is 0 Å². The SMILES string of the molecule is CNCCCCS(=O)(=O)Nc1ccnc(OC)c1. The van der Waals surface area contributed by atoms with Crippen molar-refractivity contribution in [2.45, 2.75) is 12.8 Å². The third-order valence-electron chi connectivity index (χ3n) is 2.31. The normalized spacial score (nSPS) is 11.2. The van der Waals surface area contributed by atoms with E-state index in [0.29, 0.717) is 18.0 Å². The highest BCUT2D eigenvalue weighted by Crippen LogP contribution is 2.15. The van der Waals surface area contributed by atoms with Crippen molar-refractivity contribution in [3.63, 3.8) is 0 Å². The third kappa shape index (κ3) is 5.33. The monoisotopic (exact) mass is 273 g/mol. The van der Waals surface area contributed by atoms with Gasteiger partial charge in [0, 0.05) is 12.3 Å². The molecule has 2 N–H and O–H groups in total. The standard InChI is InChI=1S/C11H19N3O3S/c1-12-6-3-4-8-18(15,16)14-10-5-7-13-11(9-10)17-2/h5,7,9,12H,3-4,6,8H2,1-2H3,(H,13,14). The number of aromatic nitrogens is 1. The Bertz CT molecular complexity index is 462. The van der Waals surface area contributed by atoms with Crippen molar-refractivity contribution in [2.24, 2.45) is 0 Å². The smallest absolute Gasteiger partial charge is 0.232 e. The summed E-state index contributed by atoms with van der Waals surface area (Å²) in [6.07, 6.45) is 2.95. The lowest BCUT2D eigenvalue weighted by molar-refractivity contribution is 0.398. The summed E-state index contributed by atoms with van der Waals surface area (Å²) in [5, 5.41) is 2.98. The number of unbranched alkanes of at least 4 members (excludes halogenated alkanes) is 1. The molecule has 0 fully saturated rings. The maximum Gasteiger partial charge on any atom is 0.232 e. The minimum Gasteiger partial charge on any atom is -0.481 e. The van der Waals surface area contributed by atoms with E-state index < -0.39 is 10.0 Å². The minimum absolute atomic E-state index is 0.110. The molecule has 0 atom stereocenters. The Labute approximate surface area is 108 Å². The van der Waals surface area contributed by atoms with Crippen LogP contribution in [0.15, 0.2) is 18.3 Å². The predicted octanol–water partition coefficient (Wildman–Crippen LogP) is 0.831. The van der Waals surface area contributed by atoms with Gasteiger partial charge in [0.15, 0.2) is 0 Å². The summed E-state index contributed by atoms with van der Waals surface area (Å²) in [6, 6.07) is 3.14. The van der Waals surface area contributed by atoms with Crippen LogP contribution in [-0.4, -0.2) is 39.9 Å². The van der Waals surface area contributed by atoms with Crippen LogP contribution in [-0.2, 0) is 10.0 Å². The highest BCUT2D eigenvalue weighted by atomic mass is 32.2. The van der Waals surface area contributed by atoms with Crippen LogP contribution in [0.2, 0.25) is 0 Å². The second kappa shape index (κ2) is 7.17. The van der Waals surface area contributed by atoms with E-state index in [1.54, 1.807) is 12.1 Å². The fraction of sp³-hybridized carbons (Fsp3) is 0.545. The molecule has 0 bridgehead atoms. The van der Waals surface area contributed by atoms with Crippen molar-refractivity contribution < 1.29 is 13.2 Å². The Balaban J connectivity index is 2.53. The topological polar surface area (TPSA) is 80.3 Å². The molecule has 0 spiro atoms. The molecule has 0 saturated heterocycles. The summed E-state index contributed by atoms with van der Waals surface area (Å²) in [7, 11) is 0.0266. The number of methoxy groups -OCH3 is 1. The Morgan fingerprint density at radius 3 is 2.83 bits per heavy atom. The van der Waals surface area contributed by atoms with E-state index in [2.05, 4.69) is 15.0 Å². The van der Waals surface area contributed by atoms with Gasteiger partial charge in [0.05, 0.1) is 18.6 Å². The van der Waals surface area contributed by atoms with Crippen LogP contribution in [0.3, 0.4) is 0 Å². The minimum atomic E-state index is -3.30. The lowest BCUT2D eigenvalue weighted by Crippen LogP contribution is -2.18. The molecule has 1 aromatic heterocycles. The molecule has 1 aromatic rings. The lowest BCUT2D eigenvalue weighted by atomic mass is 10.3. The largest absolute Gasteiger partial charge is 0.481 e. The van der Waals surface area contributed by atoms with E-state index in [1.807, 2.05) is 7.05 Å². The zero-order chi connectivity index (χ0) is 13.4. The van der Waals surface area contributed by atoms with Gasteiger partial charge in [0.2, 0.25) is 15.9 Å². The molecule has 0 radical (unpaired) electrons. The van der Waals surface area contributed by atoms with E-state index in [-0.39, 0.29) is 5.75 Å². The maximum atomic E-state index is 11.8. The molecule has 0 aliphatic heterocycles. The van der Waals surface area contributed by atoms with Crippen LogP contribution in [0, 0.1) is 0 Å². The zero-order valence-electron chi connectivity index (χ0n) is 10.6. The highest BCUT2D eigenvalue weighted by molar-refractivity contribution is 7.92. The number of nitrogens with zero attached hydrogens (tertiary/aromatic N) is 1. The number of sulfonamides is 1. The third-order valence-corrected chi connectivity index (χ3v) is 3.68. The molecule has 0 aromatic carbocycles. The molecule has 18 heavy (non-hydrogen) atoms. The van der Waals surface area contributed by atoms with E-state index >= 15 is 0 Å². The molecule has 6 nitrogen and oxygen atoms in total. The molecule has 0 aliphatic rings. The van der Waals surface area contributed by atoms with Crippen molar-refractivity contribution in [1.29, 1.82) is 0 Å². The number of hydrogen-bond acceptors (Lipinski definition) is 5. The first-order valence-corrected chi connectivity index (χ1v) is 7.38. The van der Waals surface area contributed by atoms with Crippen LogP contribution in [0.4, 0.5) is 5.69 Å². The summed E-state index contributed by atoms with van der Waals surface area (Å²) in [6.45, 7) is 0.818. The first-order chi connectivity index (χ1) is 8.57. The Morgan fingerprint density at radius 2 is 2.17 bits per heavy atom. The molecular formula is C11H19N3O3S. The summed E-state index contributed by atoms with van der Waals surface area (Å²) in [5.74, 6) is 0.490. The molecule has 7 heteroatoms. The molecule has 0 saturated carbocycles. The van der Waals surface area contributed by atoms with Crippen molar-refractivity contribution in [3.05, 3.63) is 18.3 Å². The maximum absolute atomic E-state index is 11.8. The van der Waals surface area contributed by atoms with E-state index in [9.17, 15) is 8.42 Å². The highest BCUT2D eigenvalue weighted by Gasteiger charge is 2.10. The first kappa shape index (κ1) is 14.7. The van der Waals surface area contributed by atoms with Gasteiger partial charge in [-0.25, -0.2) is 13.4 Å². The Kier molecular flexibility index (Phi) is 5.87. The quantitative estimate of drug-likeness (QED) is 0.686.